The number of fused-ring (bicyclic) bond motifs is 1. The van der Waals surface area contributed by atoms with Crippen LogP contribution in [0, 0.1) is 0 Å². The van der Waals surface area contributed by atoms with Gasteiger partial charge in [0, 0.05) is 43.5 Å². The lowest BCUT2D eigenvalue weighted by Gasteiger charge is -2.34. The predicted molar refractivity (Wildman–Crippen MR) is 104 cm³/mol. The van der Waals surface area contributed by atoms with E-state index in [4.69, 9.17) is 0 Å². The number of nitrogens with one attached hydrogen (secondary N) is 2. The number of para-hydroxylation sites is 1. The van der Waals surface area contributed by atoms with Gasteiger partial charge in [0.1, 0.15) is 18.7 Å². The van der Waals surface area contributed by atoms with E-state index in [0.29, 0.717) is 19.5 Å². The van der Waals surface area contributed by atoms with Crippen molar-refractivity contribution in [2.24, 2.45) is 0 Å². The number of H-pyrrole nitrogens is 1. The molecule has 1 aromatic carbocycles. The molecular weight excluding hydrogens is 356 g/mol. The Morgan fingerprint density at radius 1 is 1.29 bits per heavy atom. The Hall–Kier alpha value is -3.16. The third-order valence-corrected chi connectivity index (χ3v) is 5.36. The predicted octanol–water partition coefficient (Wildman–Crippen LogP) is 1.67. The first kappa shape index (κ1) is 18.2. The Labute approximate surface area is 162 Å². The van der Waals surface area contributed by atoms with E-state index in [1.807, 2.05) is 40.0 Å². The van der Waals surface area contributed by atoms with Gasteiger partial charge in [-0.25, -0.2) is 9.67 Å². The summed E-state index contributed by atoms with van der Waals surface area (Å²) in [6.07, 6.45) is 7.30. The number of benzene rings is 1. The second kappa shape index (κ2) is 7.84. The molecule has 146 valence electrons. The van der Waals surface area contributed by atoms with Crippen LogP contribution in [0.3, 0.4) is 0 Å². The number of likely N-dealkylation sites (tertiary alicyclic amines) is 1. The highest BCUT2D eigenvalue weighted by atomic mass is 16.2. The number of piperidine rings is 1. The maximum Gasteiger partial charge on any atom is 0.245 e. The molecule has 1 atom stereocenters. The molecule has 3 aromatic rings. The van der Waals surface area contributed by atoms with Crippen LogP contribution in [-0.4, -0.2) is 55.6 Å². The smallest absolute Gasteiger partial charge is 0.245 e. The lowest BCUT2D eigenvalue weighted by Crippen LogP contribution is -2.51. The number of carbonyl (C=O) groups is 2. The molecule has 4 rings (SSSR count). The van der Waals surface area contributed by atoms with E-state index in [1.54, 1.807) is 6.33 Å². The molecule has 0 radical (unpaired) electrons. The molecule has 2 aromatic heterocycles. The number of nitrogens with zero attached hydrogens (tertiary/aromatic N) is 4. The number of hydrogen-bond acceptors (Lipinski definition) is 4. The van der Waals surface area contributed by atoms with Crippen LogP contribution in [0.25, 0.3) is 10.9 Å². The molecule has 1 aliphatic rings. The zero-order chi connectivity index (χ0) is 19.5. The second-order valence-electron chi connectivity index (χ2n) is 7.25. The summed E-state index contributed by atoms with van der Waals surface area (Å²) in [6.45, 7) is 2.74. The molecule has 0 spiro atoms. The molecule has 8 nitrogen and oxygen atoms in total. The Morgan fingerprint density at radius 3 is 2.79 bits per heavy atom. The van der Waals surface area contributed by atoms with E-state index in [-0.39, 0.29) is 17.9 Å². The van der Waals surface area contributed by atoms with Gasteiger partial charge in [-0.3, -0.25) is 9.59 Å². The molecule has 2 amide bonds. The van der Waals surface area contributed by atoms with Crippen LogP contribution in [0.15, 0.2) is 43.1 Å². The van der Waals surface area contributed by atoms with Crippen molar-refractivity contribution in [1.82, 2.24) is 30.0 Å². The summed E-state index contributed by atoms with van der Waals surface area (Å²) >= 11 is 0. The number of aromatic amines is 1. The molecule has 3 heterocycles. The van der Waals surface area contributed by atoms with Gasteiger partial charge in [0.15, 0.2) is 0 Å². The molecule has 1 aliphatic heterocycles. The number of carbonyl (C=O) groups excluding carboxylic acids is 2. The summed E-state index contributed by atoms with van der Waals surface area (Å²) in [5.74, 6) is -0.229. The van der Waals surface area contributed by atoms with E-state index in [9.17, 15) is 9.59 Å². The van der Waals surface area contributed by atoms with Crippen LogP contribution in [0.1, 0.15) is 31.4 Å². The quantitative estimate of drug-likeness (QED) is 0.704. The molecule has 0 bridgehead atoms. The van der Waals surface area contributed by atoms with Crippen LogP contribution in [0.2, 0.25) is 0 Å². The van der Waals surface area contributed by atoms with Crippen LogP contribution in [-0.2, 0) is 16.0 Å². The van der Waals surface area contributed by atoms with Gasteiger partial charge >= 0.3 is 0 Å². The van der Waals surface area contributed by atoms with Crippen molar-refractivity contribution in [3.05, 3.63) is 48.7 Å². The van der Waals surface area contributed by atoms with E-state index in [1.165, 1.54) is 13.3 Å². The topological polar surface area (TPSA) is 95.9 Å². The third-order valence-electron chi connectivity index (χ3n) is 5.36. The van der Waals surface area contributed by atoms with Gasteiger partial charge in [-0.1, -0.05) is 18.2 Å². The summed E-state index contributed by atoms with van der Waals surface area (Å²) in [4.78, 5) is 34.0. The number of aromatic nitrogens is 4. The molecule has 1 saturated heterocycles. The summed E-state index contributed by atoms with van der Waals surface area (Å²) in [6, 6.07) is 7.67. The normalized spacial score (nSPS) is 16.2. The van der Waals surface area contributed by atoms with E-state index in [2.05, 4.69) is 20.4 Å². The zero-order valence-corrected chi connectivity index (χ0v) is 15.8. The molecule has 0 saturated carbocycles. The average molecular weight is 380 g/mol. The maximum absolute atomic E-state index is 13.2. The Morgan fingerprint density at radius 2 is 2.07 bits per heavy atom. The van der Waals surface area contributed by atoms with Gasteiger partial charge in [0.05, 0.1) is 6.04 Å². The van der Waals surface area contributed by atoms with Gasteiger partial charge in [-0.2, -0.15) is 5.10 Å². The molecule has 0 unspecified atom stereocenters. The highest BCUT2D eigenvalue weighted by molar-refractivity contribution is 5.89. The van der Waals surface area contributed by atoms with Crippen molar-refractivity contribution in [2.75, 3.05) is 13.1 Å². The molecule has 28 heavy (non-hydrogen) atoms. The minimum atomic E-state index is -0.570. The van der Waals surface area contributed by atoms with Crippen LogP contribution in [0.5, 0.6) is 0 Å². The van der Waals surface area contributed by atoms with Crippen molar-refractivity contribution < 1.29 is 9.59 Å². The first-order chi connectivity index (χ1) is 13.6. The van der Waals surface area contributed by atoms with Gasteiger partial charge in [0.25, 0.3) is 0 Å². The third kappa shape index (κ3) is 3.76. The van der Waals surface area contributed by atoms with E-state index >= 15 is 0 Å². The van der Waals surface area contributed by atoms with Gasteiger partial charge in [0.2, 0.25) is 11.8 Å². The van der Waals surface area contributed by atoms with Crippen molar-refractivity contribution in [2.45, 2.75) is 38.3 Å². The van der Waals surface area contributed by atoms with Crippen molar-refractivity contribution >= 4 is 22.7 Å². The van der Waals surface area contributed by atoms with Crippen molar-refractivity contribution in [3.8, 4) is 0 Å². The van der Waals surface area contributed by atoms with Crippen LogP contribution in [0.4, 0.5) is 0 Å². The first-order valence-electron chi connectivity index (χ1n) is 9.57. The van der Waals surface area contributed by atoms with E-state index in [0.717, 1.165) is 29.3 Å². The lowest BCUT2D eigenvalue weighted by molar-refractivity contribution is -0.137. The number of hydrogen-bond donors (Lipinski definition) is 2. The fourth-order valence-electron chi connectivity index (χ4n) is 3.94. The zero-order valence-electron chi connectivity index (χ0n) is 15.8. The summed E-state index contributed by atoms with van der Waals surface area (Å²) in [7, 11) is 0. The summed E-state index contributed by atoms with van der Waals surface area (Å²) in [5.41, 5.74) is 2.06. The van der Waals surface area contributed by atoms with Crippen molar-refractivity contribution in [1.29, 1.82) is 0 Å². The minimum absolute atomic E-state index is 0.0301. The molecular formula is C20H24N6O2. The second-order valence-corrected chi connectivity index (χ2v) is 7.25. The largest absolute Gasteiger partial charge is 0.361 e. The monoisotopic (exact) mass is 380 g/mol. The average Bonchev–Trinajstić information content (AvgIpc) is 3.37. The van der Waals surface area contributed by atoms with Crippen LogP contribution >= 0.6 is 0 Å². The Balaban J connectivity index is 1.46. The number of rotatable bonds is 5. The number of amides is 2. The molecule has 2 N–H and O–H groups in total. The molecule has 8 heteroatoms. The SMILES string of the molecule is CC(=O)N[C@@H](Cc1c[nH]c2ccccc12)C(=O)N1CCC(n2cncn2)CC1. The first-order valence-corrected chi connectivity index (χ1v) is 9.57. The fourth-order valence-corrected chi connectivity index (χ4v) is 3.94. The van der Waals surface area contributed by atoms with E-state index < -0.39 is 6.04 Å². The Kier molecular flexibility index (Phi) is 5.10. The highest BCUT2D eigenvalue weighted by Crippen LogP contribution is 2.23. The molecule has 0 aliphatic carbocycles. The fraction of sp³-hybridized carbons (Fsp3) is 0.400. The van der Waals surface area contributed by atoms with Crippen molar-refractivity contribution in [3.63, 3.8) is 0 Å². The van der Waals surface area contributed by atoms with Crippen LogP contribution < -0.4 is 5.32 Å². The van der Waals surface area contributed by atoms with Gasteiger partial charge in [-0.15, -0.1) is 0 Å². The highest BCUT2D eigenvalue weighted by Gasteiger charge is 2.30. The standard InChI is InChI=1S/C20H24N6O2/c1-14(27)24-19(10-15-11-22-18-5-3-2-4-17(15)18)20(28)25-8-6-16(7-9-25)26-13-21-12-23-26/h2-5,11-13,16,19,22H,6-10H2,1H3,(H,24,27)/t19-/m0/s1. The summed E-state index contributed by atoms with van der Waals surface area (Å²) < 4.78 is 1.86. The Bertz CT molecular complexity index is 956. The summed E-state index contributed by atoms with van der Waals surface area (Å²) in [5, 5.41) is 8.13. The molecule has 1 fully saturated rings. The van der Waals surface area contributed by atoms with Gasteiger partial charge in [-0.05, 0) is 24.5 Å². The minimum Gasteiger partial charge on any atom is -0.361 e. The van der Waals surface area contributed by atoms with Gasteiger partial charge < -0.3 is 15.2 Å². The lowest BCUT2D eigenvalue weighted by atomic mass is 10.0. The maximum atomic E-state index is 13.2.